The highest BCUT2D eigenvalue weighted by atomic mass is 19.4. The Morgan fingerprint density at radius 3 is 2.46 bits per heavy atom. The Hall–Kier alpha value is -2.83. The van der Waals surface area contributed by atoms with Crippen LogP contribution in [0, 0.1) is 0 Å². The van der Waals surface area contributed by atoms with Gasteiger partial charge in [0.25, 0.3) is 0 Å². The summed E-state index contributed by atoms with van der Waals surface area (Å²) < 4.78 is 38.8. The van der Waals surface area contributed by atoms with Gasteiger partial charge in [-0.3, -0.25) is 4.79 Å². The van der Waals surface area contributed by atoms with Gasteiger partial charge < -0.3 is 9.13 Å². The number of aryl methyl sites for hydroxylation is 2. The van der Waals surface area contributed by atoms with Crippen LogP contribution in [0.25, 0.3) is 0 Å². The van der Waals surface area contributed by atoms with Crippen LogP contribution in [0.4, 0.5) is 13.2 Å². The number of pyridine rings is 1. The maximum Gasteiger partial charge on any atom is 0.417 e. The lowest BCUT2D eigenvalue weighted by Gasteiger charge is -2.06. The topological polar surface area (TPSA) is 39.8 Å². The van der Waals surface area contributed by atoms with Gasteiger partial charge in [-0.15, -0.1) is 0 Å². The van der Waals surface area contributed by atoms with Gasteiger partial charge in [-0.25, -0.2) is 4.98 Å². The summed E-state index contributed by atoms with van der Waals surface area (Å²) in [7, 11) is 3.27. The summed E-state index contributed by atoms with van der Waals surface area (Å²) in [6.45, 7) is 0. The molecular formula is C19H20F3N3O. The summed E-state index contributed by atoms with van der Waals surface area (Å²) in [4.78, 5) is 15.0. The van der Waals surface area contributed by atoms with E-state index in [9.17, 15) is 18.0 Å². The van der Waals surface area contributed by atoms with Gasteiger partial charge in [-0.05, 0) is 12.5 Å². The lowest BCUT2D eigenvalue weighted by atomic mass is 10.0. The molecule has 0 saturated heterocycles. The van der Waals surface area contributed by atoms with Crippen molar-refractivity contribution in [1.82, 2.24) is 14.1 Å². The van der Waals surface area contributed by atoms with Crippen molar-refractivity contribution in [3.63, 3.8) is 0 Å². The van der Waals surface area contributed by atoms with Crippen molar-refractivity contribution in [3.05, 3.63) is 88.9 Å². The third-order valence-corrected chi connectivity index (χ3v) is 3.66. The average Bonchev–Trinajstić information content (AvgIpc) is 2.96. The first-order valence-electron chi connectivity index (χ1n) is 7.99. The SMILES string of the molecule is Cn1cc(C(F)(F)F)ccc1=O.Cn1cnc(C2C=CC/C=C\C=C/2)c1. The van der Waals surface area contributed by atoms with E-state index in [1.165, 1.54) is 7.05 Å². The van der Waals surface area contributed by atoms with Gasteiger partial charge in [0, 0.05) is 38.5 Å². The van der Waals surface area contributed by atoms with Gasteiger partial charge in [0.2, 0.25) is 5.56 Å². The molecule has 7 heteroatoms. The molecule has 0 bridgehead atoms. The van der Waals surface area contributed by atoms with E-state index in [0.29, 0.717) is 5.92 Å². The van der Waals surface area contributed by atoms with E-state index in [1.807, 2.05) is 17.9 Å². The molecule has 1 atom stereocenters. The summed E-state index contributed by atoms with van der Waals surface area (Å²) in [5.41, 5.74) is -0.164. The number of hydrogen-bond donors (Lipinski definition) is 0. The zero-order chi connectivity index (χ0) is 19.2. The van der Waals surface area contributed by atoms with Gasteiger partial charge in [0.05, 0.1) is 17.6 Å². The molecule has 26 heavy (non-hydrogen) atoms. The van der Waals surface area contributed by atoms with Crippen molar-refractivity contribution in [1.29, 1.82) is 0 Å². The van der Waals surface area contributed by atoms with Gasteiger partial charge in [-0.2, -0.15) is 13.2 Å². The summed E-state index contributed by atoms with van der Waals surface area (Å²) in [6, 6.07) is 1.66. The predicted octanol–water partition coefficient (Wildman–Crippen LogP) is 3.98. The number of rotatable bonds is 1. The third kappa shape index (κ3) is 5.61. The van der Waals surface area contributed by atoms with E-state index in [0.717, 1.165) is 35.0 Å². The van der Waals surface area contributed by atoms with Crippen molar-refractivity contribution < 1.29 is 13.2 Å². The van der Waals surface area contributed by atoms with E-state index < -0.39 is 17.3 Å². The molecule has 0 saturated carbocycles. The van der Waals surface area contributed by atoms with Crippen LogP contribution in [-0.4, -0.2) is 14.1 Å². The van der Waals surface area contributed by atoms with Gasteiger partial charge in [0.15, 0.2) is 0 Å². The minimum atomic E-state index is -4.38. The Balaban J connectivity index is 0.000000190. The molecule has 0 aliphatic heterocycles. The molecule has 138 valence electrons. The van der Waals surface area contributed by atoms with Crippen LogP contribution in [0.15, 0.2) is 72.1 Å². The van der Waals surface area contributed by atoms with E-state index in [1.54, 1.807) is 0 Å². The summed E-state index contributed by atoms with van der Waals surface area (Å²) in [6.07, 6.45) is 14.1. The van der Waals surface area contributed by atoms with Crippen molar-refractivity contribution in [2.24, 2.45) is 14.1 Å². The van der Waals surface area contributed by atoms with Crippen LogP contribution in [0.2, 0.25) is 0 Å². The molecule has 0 radical (unpaired) electrons. The van der Waals surface area contributed by atoms with Crippen LogP contribution in [0.3, 0.4) is 0 Å². The van der Waals surface area contributed by atoms with E-state index in [4.69, 9.17) is 0 Å². The van der Waals surface area contributed by atoms with Gasteiger partial charge in [-0.1, -0.05) is 36.5 Å². The zero-order valence-corrected chi connectivity index (χ0v) is 14.5. The molecule has 1 aliphatic rings. The number of hydrogen-bond acceptors (Lipinski definition) is 2. The summed E-state index contributed by atoms with van der Waals surface area (Å²) >= 11 is 0. The standard InChI is InChI=1S/C12H14N2.C7H6F3NO/c1-14-9-12(13-10-14)11-7-5-3-2-4-6-8-11;1-11-4-5(7(8,9)10)2-3-6(11)12/h2-3,5-11H,4H2,1H3;2-4H,1H3/b3-2-,7-5-,8-6?;. The predicted molar refractivity (Wildman–Crippen MR) is 94.7 cm³/mol. The number of halogens is 3. The lowest BCUT2D eigenvalue weighted by Crippen LogP contribution is -2.18. The Labute approximate surface area is 149 Å². The Morgan fingerprint density at radius 1 is 1.08 bits per heavy atom. The second kappa shape index (κ2) is 8.51. The highest BCUT2D eigenvalue weighted by Crippen LogP contribution is 2.27. The molecule has 2 heterocycles. The molecule has 4 nitrogen and oxygen atoms in total. The fourth-order valence-corrected chi connectivity index (χ4v) is 2.27. The Morgan fingerprint density at radius 2 is 1.85 bits per heavy atom. The highest BCUT2D eigenvalue weighted by Gasteiger charge is 2.30. The second-order valence-corrected chi connectivity index (χ2v) is 5.83. The third-order valence-electron chi connectivity index (χ3n) is 3.66. The van der Waals surface area contributed by atoms with Gasteiger partial charge in [0.1, 0.15) is 0 Å². The van der Waals surface area contributed by atoms with E-state index >= 15 is 0 Å². The molecule has 3 rings (SSSR count). The minimum absolute atomic E-state index is 0.321. The molecule has 0 aromatic carbocycles. The quantitative estimate of drug-likeness (QED) is 0.719. The first-order valence-corrected chi connectivity index (χ1v) is 7.99. The van der Waals surface area contributed by atoms with Crippen molar-refractivity contribution in [2.45, 2.75) is 18.5 Å². The summed E-state index contributed by atoms with van der Waals surface area (Å²) in [5, 5.41) is 0. The van der Waals surface area contributed by atoms with Crippen molar-refractivity contribution in [3.8, 4) is 0 Å². The molecule has 0 amide bonds. The van der Waals surface area contributed by atoms with Crippen LogP contribution in [0.5, 0.6) is 0 Å². The normalized spacial score (nSPS) is 19.0. The number of imidazole rings is 1. The second-order valence-electron chi connectivity index (χ2n) is 5.83. The molecule has 2 aromatic heterocycles. The van der Waals surface area contributed by atoms with Crippen molar-refractivity contribution >= 4 is 0 Å². The van der Waals surface area contributed by atoms with Crippen LogP contribution in [-0.2, 0) is 20.3 Å². The first-order chi connectivity index (χ1) is 12.3. The maximum atomic E-state index is 12.0. The van der Waals surface area contributed by atoms with E-state index in [2.05, 4.69) is 47.6 Å². The summed E-state index contributed by atoms with van der Waals surface area (Å²) in [5.74, 6) is 0.321. The Bertz CT molecular complexity index is 873. The lowest BCUT2D eigenvalue weighted by molar-refractivity contribution is -0.138. The fourth-order valence-electron chi connectivity index (χ4n) is 2.27. The van der Waals surface area contributed by atoms with Crippen LogP contribution in [0.1, 0.15) is 23.6 Å². The maximum absolute atomic E-state index is 12.0. The Kier molecular flexibility index (Phi) is 6.38. The largest absolute Gasteiger partial charge is 0.417 e. The monoisotopic (exact) mass is 363 g/mol. The molecular weight excluding hydrogens is 343 g/mol. The zero-order valence-electron chi connectivity index (χ0n) is 14.5. The van der Waals surface area contributed by atoms with Gasteiger partial charge >= 0.3 is 6.18 Å². The fraction of sp³-hybridized carbons (Fsp3) is 0.263. The minimum Gasteiger partial charge on any atom is -0.340 e. The highest BCUT2D eigenvalue weighted by molar-refractivity contribution is 5.25. The van der Waals surface area contributed by atoms with E-state index in [-0.39, 0.29) is 0 Å². The number of nitrogens with zero attached hydrogens (tertiary/aromatic N) is 3. The molecule has 1 aliphatic carbocycles. The molecule has 2 aromatic rings. The average molecular weight is 363 g/mol. The van der Waals surface area contributed by atoms with Crippen LogP contribution >= 0.6 is 0 Å². The molecule has 0 fully saturated rings. The number of aromatic nitrogens is 3. The number of alkyl halides is 3. The smallest absolute Gasteiger partial charge is 0.340 e. The molecule has 0 N–H and O–H groups in total. The molecule has 1 unspecified atom stereocenters. The first kappa shape index (κ1) is 19.5. The van der Waals surface area contributed by atoms with Crippen LogP contribution < -0.4 is 5.56 Å². The number of allylic oxidation sites excluding steroid dienone is 6. The van der Waals surface area contributed by atoms with Crippen molar-refractivity contribution in [2.75, 3.05) is 0 Å². The molecule has 0 spiro atoms.